The maximum Gasteiger partial charge on any atom is 0.256 e. The molecule has 1 saturated carbocycles. The first-order chi connectivity index (χ1) is 9.19. The molecule has 1 fully saturated rings. The lowest BCUT2D eigenvalue weighted by atomic mass is 10.1. The van der Waals surface area contributed by atoms with Gasteiger partial charge in [0.15, 0.2) is 0 Å². The maximum absolute atomic E-state index is 12.2. The summed E-state index contributed by atoms with van der Waals surface area (Å²) in [7, 11) is 3.03. The fraction of sp³-hybridized carbons (Fsp3) is 0.429. The number of ether oxygens (including phenoxy) is 2. The molecule has 1 aromatic carbocycles. The number of benzene rings is 1. The summed E-state index contributed by atoms with van der Waals surface area (Å²) in [5, 5.41) is 11.8. The summed E-state index contributed by atoms with van der Waals surface area (Å²) in [4.78, 5) is 12.2. The van der Waals surface area contributed by atoms with Crippen molar-refractivity contribution in [3.63, 3.8) is 0 Å². The first-order valence-corrected chi connectivity index (χ1v) is 6.12. The highest BCUT2D eigenvalue weighted by atomic mass is 16.5. The Morgan fingerprint density at radius 2 is 2.16 bits per heavy atom. The van der Waals surface area contributed by atoms with Crippen molar-refractivity contribution < 1.29 is 14.3 Å². The number of carbonyl (C=O) groups is 1. The molecule has 0 aliphatic heterocycles. The Morgan fingerprint density at radius 3 is 2.68 bits per heavy atom. The monoisotopic (exact) mass is 260 g/mol. The van der Waals surface area contributed by atoms with Crippen LogP contribution in [0.4, 0.5) is 0 Å². The number of nitrogens with zero attached hydrogens (tertiary/aromatic N) is 1. The second kappa shape index (κ2) is 5.61. The zero-order valence-electron chi connectivity index (χ0n) is 11.0. The van der Waals surface area contributed by atoms with E-state index in [0.29, 0.717) is 17.1 Å². The van der Waals surface area contributed by atoms with Gasteiger partial charge in [-0.25, -0.2) is 0 Å². The van der Waals surface area contributed by atoms with Gasteiger partial charge in [-0.15, -0.1) is 0 Å². The quantitative estimate of drug-likeness (QED) is 0.875. The van der Waals surface area contributed by atoms with Gasteiger partial charge in [0, 0.05) is 0 Å². The first kappa shape index (κ1) is 13.2. The molecule has 1 aliphatic rings. The van der Waals surface area contributed by atoms with E-state index in [1.165, 1.54) is 14.2 Å². The number of rotatable bonds is 5. The van der Waals surface area contributed by atoms with E-state index in [1.54, 1.807) is 18.2 Å². The molecule has 1 amide bonds. The number of nitriles is 1. The van der Waals surface area contributed by atoms with Crippen LogP contribution in [0.3, 0.4) is 0 Å². The van der Waals surface area contributed by atoms with E-state index in [9.17, 15) is 4.79 Å². The summed E-state index contributed by atoms with van der Waals surface area (Å²) in [5.41, 5.74) is 0.378. The summed E-state index contributed by atoms with van der Waals surface area (Å²) in [6, 6.07) is 6.70. The van der Waals surface area contributed by atoms with E-state index in [-0.39, 0.29) is 11.8 Å². The summed E-state index contributed by atoms with van der Waals surface area (Å²) in [6.07, 6.45) is 1.99. The summed E-state index contributed by atoms with van der Waals surface area (Å²) >= 11 is 0. The smallest absolute Gasteiger partial charge is 0.256 e. The Hall–Kier alpha value is -2.22. The second-order valence-electron chi connectivity index (χ2n) is 4.48. The van der Waals surface area contributed by atoms with Gasteiger partial charge in [-0.1, -0.05) is 0 Å². The van der Waals surface area contributed by atoms with E-state index < -0.39 is 6.04 Å². The van der Waals surface area contributed by atoms with E-state index >= 15 is 0 Å². The topological polar surface area (TPSA) is 71.3 Å². The van der Waals surface area contributed by atoms with Crippen molar-refractivity contribution in [1.82, 2.24) is 5.32 Å². The van der Waals surface area contributed by atoms with Crippen molar-refractivity contribution in [3.8, 4) is 17.6 Å². The third-order valence-electron chi connectivity index (χ3n) is 3.17. The minimum Gasteiger partial charge on any atom is -0.497 e. The van der Waals surface area contributed by atoms with E-state index in [0.717, 1.165) is 12.8 Å². The number of amides is 1. The molecular weight excluding hydrogens is 244 g/mol. The van der Waals surface area contributed by atoms with Crippen molar-refractivity contribution >= 4 is 5.91 Å². The molecule has 2 rings (SSSR count). The van der Waals surface area contributed by atoms with Crippen molar-refractivity contribution in [2.24, 2.45) is 5.92 Å². The van der Waals surface area contributed by atoms with E-state index in [2.05, 4.69) is 11.4 Å². The van der Waals surface area contributed by atoms with Crippen LogP contribution in [0.15, 0.2) is 18.2 Å². The molecule has 1 N–H and O–H groups in total. The SMILES string of the molecule is COc1ccc(OC)c(C(=O)NC(C#N)C2CC2)c1. The van der Waals surface area contributed by atoms with Crippen molar-refractivity contribution in [3.05, 3.63) is 23.8 Å². The lowest BCUT2D eigenvalue weighted by molar-refractivity contribution is 0.0938. The highest BCUT2D eigenvalue weighted by Gasteiger charge is 2.33. The Kier molecular flexibility index (Phi) is 3.91. The average molecular weight is 260 g/mol. The maximum atomic E-state index is 12.2. The number of nitrogens with one attached hydrogen (secondary N) is 1. The lowest BCUT2D eigenvalue weighted by Crippen LogP contribution is -2.35. The molecule has 0 bridgehead atoms. The molecule has 19 heavy (non-hydrogen) atoms. The van der Waals surface area contributed by atoms with Crippen LogP contribution in [0.1, 0.15) is 23.2 Å². The molecule has 0 spiro atoms. The molecule has 100 valence electrons. The van der Waals surface area contributed by atoms with Crippen molar-refractivity contribution in [2.75, 3.05) is 14.2 Å². The predicted octanol–water partition coefficient (Wildman–Crippen LogP) is 1.74. The fourth-order valence-corrected chi connectivity index (χ4v) is 1.90. The largest absolute Gasteiger partial charge is 0.497 e. The molecule has 1 atom stereocenters. The molecule has 0 heterocycles. The Morgan fingerprint density at radius 1 is 1.42 bits per heavy atom. The number of hydrogen-bond acceptors (Lipinski definition) is 4. The van der Waals surface area contributed by atoms with Gasteiger partial charge in [0.25, 0.3) is 5.91 Å². The standard InChI is InChI=1S/C14H16N2O3/c1-18-10-5-6-13(19-2)11(7-10)14(17)16-12(8-15)9-3-4-9/h5-7,9,12H,3-4H2,1-2H3,(H,16,17). The zero-order chi connectivity index (χ0) is 13.8. The fourth-order valence-electron chi connectivity index (χ4n) is 1.90. The summed E-state index contributed by atoms with van der Waals surface area (Å²) < 4.78 is 10.3. The molecule has 1 aromatic rings. The minimum absolute atomic E-state index is 0.283. The molecule has 0 aromatic heterocycles. The highest BCUT2D eigenvalue weighted by Crippen LogP contribution is 2.33. The Bertz CT molecular complexity index is 518. The van der Waals surface area contributed by atoms with Crippen LogP contribution in [0.25, 0.3) is 0 Å². The molecule has 1 unspecified atom stereocenters. The van der Waals surface area contributed by atoms with Gasteiger partial charge in [-0.2, -0.15) is 5.26 Å². The van der Waals surface area contributed by atoms with Crippen molar-refractivity contribution in [1.29, 1.82) is 5.26 Å². The van der Waals surface area contributed by atoms with E-state index in [1.807, 2.05) is 0 Å². The lowest BCUT2D eigenvalue weighted by Gasteiger charge is -2.13. The molecule has 1 aliphatic carbocycles. The zero-order valence-corrected chi connectivity index (χ0v) is 11.0. The van der Waals surface area contributed by atoms with Gasteiger partial charge in [0.2, 0.25) is 0 Å². The molecule has 0 radical (unpaired) electrons. The molecule has 5 heteroatoms. The van der Waals surface area contributed by atoms with Crippen LogP contribution in [-0.4, -0.2) is 26.2 Å². The van der Waals surface area contributed by atoms with Gasteiger partial charge in [-0.05, 0) is 37.0 Å². The van der Waals surface area contributed by atoms with Gasteiger partial charge >= 0.3 is 0 Å². The van der Waals surface area contributed by atoms with Gasteiger partial charge in [0.1, 0.15) is 17.5 Å². The molecule has 5 nitrogen and oxygen atoms in total. The Balaban J connectivity index is 2.19. The predicted molar refractivity (Wildman–Crippen MR) is 69.1 cm³/mol. The normalized spacial score (nSPS) is 15.2. The van der Waals surface area contributed by atoms with E-state index in [4.69, 9.17) is 14.7 Å². The number of carbonyl (C=O) groups excluding carboxylic acids is 1. The second-order valence-corrected chi connectivity index (χ2v) is 4.48. The van der Waals surface area contributed by atoms with Gasteiger partial charge in [0.05, 0.1) is 25.9 Å². The van der Waals surface area contributed by atoms with Gasteiger partial charge in [-0.3, -0.25) is 4.79 Å². The van der Waals surface area contributed by atoms with Crippen LogP contribution in [0, 0.1) is 17.2 Å². The average Bonchev–Trinajstić information content (AvgIpc) is 3.28. The number of hydrogen-bond donors (Lipinski definition) is 1. The first-order valence-electron chi connectivity index (χ1n) is 6.12. The van der Waals surface area contributed by atoms with Crippen LogP contribution in [0.2, 0.25) is 0 Å². The third kappa shape index (κ3) is 2.97. The van der Waals surface area contributed by atoms with Crippen LogP contribution in [-0.2, 0) is 0 Å². The highest BCUT2D eigenvalue weighted by molar-refractivity contribution is 5.97. The molecule has 0 saturated heterocycles. The van der Waals surface area contributed by atoms with Gasteiger partial charge < -0.3 is 14.8 Å². The molecular formula is C14H16N2O3. The van der Waals surface area contributed by atoms with Crippen molar-refractivity contribution in [2.45, 2.75) is 18.9 Å². The van der Waals surface area contributed by atoms with Crippen LogP contribution >= 0.6 is 0 Å². The summed E-state index contributed by atoms with van der Waals surface area (Å²) in [5.74, 6) is 1.01. The third-order valence-corrected chi connectivity index (χ3v) is 3.17. The minimum atomic E-state index is -0.427. The Labute approximate surface area is 112 Å². The number of methoxy groups -OCH3 is 2. The summed E-state index contributed by atoms with van der Waals surface area (Å²) in [6.45, 7) is 0. The van der Waals surface area contributed by atoms with Crippen LogP contribution < -0.4 is 14.8 Å². The van der Waals surface area contributed by atoms with Crippen LogP contribution in [0.5, 0.6) is 11.5 Å².